The fourth-order valence-electron chi connectivity index (χ4n) is 5.07. The van der Waals surface area contributed by atoms with E-state index >= 15 is 0 Å². The second kappa shape index (κ2) is 18.4. The van der Waals surface area contributed by atoms with Crippen LogP contribution in [0.15, 0.2) is 0 Å². The average Bonchev–Trinajstić information content (AvgIpc) is 2.95. The molecule has 2 fully saturated rings. The maximum atomic E-state index is 12.4. The first kappa shape index (κ1) is 40.8. The number of esters is 5. The van der Waals surface area contributed by atoms with Crippen LogP contribution in [0.2, 0.25) is 0 Å². The molecule has 0 spiro atoms. The third kappa shape index (κ3) is 12.5. The van der Waals surface area contributed by atoms with Gasteiger partial charge in [0.05, 0.1) is 0 Å². The summed E-state index contributed by atoms with van der Waals surface area (Å²) in [5, 5.41) is 14.7. The maximum Gasteiger partial charge on any atom is 0.332 e. The Bertz CT molecular complexity index is 1260. The van der Waals surface area contributed by atoms with Gasteiger partial charge in [0.2, 0.25) is 18.1 Å². The third-order valence-corrected chi connectivity index (χ3v) is 6.82. The predicted molar refractivity (Wildman–Crippen MR) is 156 cm³/mol. The first-order valence-corrected chi connectivity index (χ1v) is 15.0. The SMILES string of the molecule is CC(=O)NC1C(O[C@H](C)C(=O)O)[C@H](O[C@@H]2OC(COC(C)=O)[C@@H](OC(C)=O)C(OC(C)=O)C2NC(C)=O)C(COC(C)=O)O[C@@H]1OC(C)=O. The molecular weight excluding hydrogens is 664 g/mol. The number of carboxylic acid groups (broad SMARTS) is 1. The summed E-state index contributed by atoms with van der Waals surface area (Å²) >= 11 is 0. The van der Waals surface area contributed by atoms with E-state index < -0.39 is 128 Å². The number of aliphatic carboxylic acids is 1. The average molecular weight is 707 g/mol. The summed E-state index contributed by atoms with van der Waals surface area (Å²) in [5.74, 6) is -6.98. The number of carbonyl (C=O) groups excluding carboxylic acids is 7. The first-order valence-electron chi connectivity index (χ1n) is 15.0. The van der Waals surface area contributed by atoms with Crippen LogP contribution in [-0.4, -0.2) is 133 Å². The number of carbonyl (C=O) groups is 8. The summed E-state index contributed by atoms with van der Waals surface area (Å²) in [4.78, 5) is 96.7. The van der Waals surface area contributed by atoms with Crippen LogP contribution >= 0.6 is 0 Å². The number of hydrogen-bond acceptors (Lipinski definition) is 17. The molecule has 0 bridgehead atoms. The molecule has 2 heterocycles. The van der Waals surface area contributed by atoms with Crippen molar-refractivity contribution in [2.24, 2.45) is 0 Å². The third-order valence-electron chi connectivity index (χ3n) is 6.82. The molecule has 20 heteroatoms. The van der Waals surface area contributed by atoms with E-state index in [1.165, 1.54) is 0 Å². The molecule has 0 aromatic rings. The smallest absolute Gasteiger partial charge is 0.332 e. The Balaban J connectivity index is 2.78. The quantitative estimate of drug-likeness (QED) is 0.133. The van der Waals surface area contributed by atoms with E-state index in [0.29, 0.717) is 0 Å². The van der Waals surface area contributed by atoms with E-state index in [9.17, 15) is 43.5 Å². The van der Waals surface area contributed by atoms with Gasteiger partial charge in [-0.05, 0) is 6.92 Å². The highest BCUT2D eigenvalue weighted by Crippen LogP contribution is 2.34. The summed E-state index contributed by atoms with van der Waals surface area (Å²) in [6.45, 7) is 7.50. The van der Waals surface area contributed by atoms with Gasteiger partial charge in [-0.15, -0.1) is 0 Å². The molecule has 6 unspecified atom stereocenters. The fourth-order valence-corrected chi connectivity index (χ4v) is 5.07. The molecule has 3 N–H and O–H groups in total. The largest absolute Gasteiger partial charge is 0.479 e. The zero-order valence-electron chi connectivity index (χ0n) is 28.2. The number of amides is 2. The molecule has 276 valence electrons. The lowest BCUT2D eigenvalue weighted by Crippen LogP contribution is -2.70. The molecule has 2 rings (SSSR count). The van der Waals surface area contributed by atoms with Crippen LogP contribution in [0, 0.1) is 0 Å². The zero-order chi connectivity index (χ0) is 37.2. The fraction of sp³-hybridized carbons (Fsp3) is 0.724. The molecule has 0 aromatic carbocycles. The van der Waals surface area contributed by atoms with Crippen LogP contribution in [0.4, 0.5) is 0 Å². The molecule has 0 saturated carbocycles. The van der Waals surface area contributed by atoms with E-state index in [1.54, 1.807) is 0 Å². The minimum Gasteiger partial charge on any atom is -0.479 e. The molecule has 20 nitrogen and oxygen atoms in total. The summed E-state index contributed by atoms with van der Waals surface area (Å²) in [6.07, 6.45) is -14.0. The van der Waals surface area contributed by atoms with Crippen LogP contribution in [0.3, 0.4) is 0 Å². The molecule has 0 aromatic heterocycles. The van der Waals surface area contributed by atoms with Gasteiger partial charge in [0.25, 0.3) is 0 Å². The summed E-state index contributed by atoms with van der Waals surface area (Å²) in [5.41, 5.74) is 0. The van der Waals surface area contributed by atoms with Gasteiger partial charge in [-0.1, -0.05) is 0 Å². The van der Waals surface area contributed by atoms with Crippen LogP contribution in [-0.2, 0) is 81.0 Å². The molecule has 2 aliphatic rings. The van der Waals surface area contributed by atoms with Crippen molar-refractivity contribution in [3.05, 3.63) is 0 Å². The molecule has 2 aliphatic heterocycles. The van der Waals surface area contributed by atoms with Crippen LogP contribution in [0.5, 0.6) is 0 Å². The topological polar surface area (TPSA) is 264 Å². The van der Waals surface area contributed by atoms with E-state index in [-0.39, 0.29) is 0 Å². The van der Waals surface area contributed by atoms with Gasteiger partial charge in [0, 0.05) is 48.5 Å². The van der Waals surface area contributed by atoms with Gasteiger partial charge in [-0.2, -0.15) is 0 Å². The lowest BCUT2D eigenvalue weighted by atomic mass is 9.93. The van der Waals surface area contributed by atoms with Crippen LogP contribution in [0.1, 0.15) is 55.4 Å². The second-order valence-electron chi connectivity index (χ2n) is 11.1. The Kier molecular flexibility index (Phi) is 15.3. The van der Waals surface area contributed by atoms with Crippen molar-refractivity contribution in [3.63, 3.8) is 0 Å². The highest BCUT2D eigenvalue weighted by molar-refractivity contribution is 5.74. The molecule has 0 radical (unpaired) electrons. The van der Waals surface area contributed by atoms with Crippen molar-refractivity contribution in [2.45, 2.75) is 123 Å². The zero-order valence-corrected chi connectivity index (χ0v) is 28.2. The standard InChI is InChI=1S/C29H42N2O18/c1-11(27(39)40)43-25-21(30-12(2)32)28(46-18(8)38)47-20(10-42-15(5)35)24(25)49-29-22(31-13(3)33)26(45-17(7)37)23(44-16(6)36)19(48-29)9-41-14(4)34/h11,19-26,28-29H,9-10H2,1-8H3,(H,30,32)(H,31,33)(H,39,40)/t11-,19?,20?,21?,22?,23-,24-,25?,26?,28+,29+/m1/s1. The van der Waals surface area contributed by atoms with E-state index in [0.717, 1.165) is 55.4 Å². The normalized spacial score (nSPS) is 30.0. The molecule has 0 aliphatic carbocycles. The monoisotopic (exact) mass is 706 g/mol. The molecule has 2 amide bonds. The number of nitrogens with one attached hydrogen (secondary N) is 2. The number of hydrogen-bond donors (Lipinski definition) is 3. The molecule has 49 heavy (non-hydrogen) atoms. The van der Waals surface area contributed by atoms with Gasteiger partial charge in [-0.3, -0.25) is 33.6 Å². The summed E-state index contributed by atoms with van der Waals surface area (Å²) in [6, 6.07) is -2.95. The number of rotatable bonds is 14. The Morgan fingerprint density at radius 3 is 1.45 bits per heavy atom. The molecule has 2 saturated heterocycles. The number of ether oxygens (including phenoxy) is 9. The summed E-state index contributed by atoms with van der Waals surface area (Å²) in [7, 11) is 0. The minimum atomic E-state index is -1.73. The predicted octanol–water partition coefficient (Wildman–Crippen LogP) is -1.76. The highest BCUT2D eigenvalue weighted by atomic mass is 16.8. The van der Waals surface area contributed by atoms with E-state index in [2.05, 4.69) is 10.6 Å². The van der Waals surface area contributed by atoms with Crippen molar-refractivity contribution in [1.29, 1.82) is 0 Å². The Hall–Kier alpha value is -4.40. The van der Waals surface area contributed by atoms with Crippen molar-refractivity contribution < 1.29 is 86.1 Å². The Morgan fingerprint density at radius 1 is 0.592 bits per heavy atom. The van der Waals surface area contributed by atoms with Gasteiger partial charge in [-0.25, -0.2) is 4.79 Å². The molecular formula is C29H42N2O18. The van der Waals surface area contributed by atoms with Crippen molar-refractivity contribution in [2.75, 3.05) is 13.2 Å². The van der Waals surface area contributed by atoms with Crippen molar-refractivity contribution >= 4 is 47.6 Å². The van der Waals surface area contributed by atoms with Crippen molar-refractivity contribution in [1.82, 2.24) is 10.6 Å². The summed E-state index contributed by atoms with van der Waals surface area (Å²) < 4.78 is 50.5. The second-order valence-corrected chi connectivity index (χ2v) is 11.1. The van der Waals surface area contributed by atoms with Crippen LogP contribution in [0.25, 0.3) is 0 Å². The van der Waals surface area contributed by atoms with Crippen molar-refractivity contribution in [3.8, 4) is 0 Å². The van der Waals surface area contributed by atoms with Crippen LogP contribution < -0.4 is 10.6 Å². The van der Waals surface area contributed by atoms with Gasteiger partial charge in [0.1, 0.15) is 49.7 Å². The Morgan fingerprint density at radius 2 is 1.02 bits per heavy atom. The first-order chi connectivity index (χ1) is 22.8. The lowest BCUT2D eigenvalue weighted by molar-refractivity contribution is -0.335. The van der Waals surface area contributed by atoms with Gasteiger partial charge >= 0.3 is 35.8 Å². The maximum absolute atomic E-state index is 12.4. The van der Waals surface area contributed by atoms with Gasteiger partial charge in [0.15, 0.2) is 24.6 Å². The Labute approximate surface area is 280 Å². The number of carboxylic acids is 1. The minimum absolute atomic E-state index is 0.575. The molecule has 11 atom stereocenters. The van der Waals surface area contributed by atoms with E-state index in [1.807, 2.05) is 0 Å². The van der Waals surface area contributed by atoms with Gasteiger partial charge < -0.3 is 58.4 Å². The lowest BCUT2D eigenvalue weighted by Gasteiger charge is -2.49. The van der Waals surface area contributed by atoms with E-state index in [4.69, 9.17) is 42.6 Å². The highest BCUT2D eigenvalue weighted by Gasteiger charge is 2.56.